The molecule has 0 saturated heterocycles. The maximum atomic E-state index is 11.5. The van der Waals surface area contributed by atoms with Crippen LogP contribution in [-0.4, -0.2) is 23.7 Å². The minimum absolute atomic E-state index is 0.0967. The number of ether oxygens (including phenoxy) is 1. The number of rotatable bonds is 1. The summed E-state index contributed by atoms with van der Waals surface area (Å²) in [5.74, 6) is 0. The molecular formula is C6H9F3O2. The molecule has 2 atom stereocenters. The Morgan fingerprint density at radius 3 is 2.27 bits per heavy atom. The highest BCUT2D eigenvalue weighted by molar-refractivity contribution is 4.74. The van der Waals surface area contributed by atoms with Crippen molar-refractivity contribution in [3.05, 3.63) is 0 Å². The van der Waals surface area contributed by atoms with Crippen LogP contribution >= 0.6 is 0 Å². The fourth-order valence-corrected chi connectivity index (χ4v) is 1.21. The Morgan fingerprint density at radius 2 is 1.91 bits per heavy atom. The maximum absolute atomic E-state index is 11.5. The molecule has 5 heteroatoms. The predicted molar refractivity (Wildman–Crippen MR) is 30.8 cm³/mol. The summed E-state index contributed by atoms with van der Waals surface area (Å²) >= 11 is 0. The monoisotopic (exact) mass is 170 g/mol. The molecular weight excluding hydrogens is 161 g/mol. The van der Waals surface area contributed by atoms with Gasteiger partial charge in [-0.2, -0.15) is 0 Å². The van der Waals surface area contributed by atoms with Crippen LogP contribution in [0.1, 0.15) is 19.3 Å². The summed E-state index contributed by atoms with van der Waals surface area (Å²) in [6.07, 6.45) is -5.23. The molecule has 0 aromatic carbocycles. The van der Waals surface area contributed by atoms with E-state index in [1.54, 1.807) is 0 Å². The van der Waals surface area contributed by atoms with E-state index in [0.717, 1.165) is 0 Å². The molecule has 0 amide bonds. The highest BCUT2D eigenvalue weighted by Gasteiger charge is 2.36. The minimum atomic E-state index is -4.56. The molecule has 2 nitrogen and oxygen atoms in total. The van der Waals surface area contributed by atoms with Gasteiger partial charge in [0.2, 0.25) is 0 Å². The smallest absolute Gasteiger partial charge is 0.393 e. The van der Waals surface area contributed by atoms with Gasteiger partial charge in [-0.25, -0.2) is 0 Å². The van der Waals surface area contributed by atoms with Gasteiger partial charge in [0.15, 0.2) is 0 Å². The molecule has 0 aromatic rings. The van der Waals surface area contributed by atoms with Gasteiger partial charge >= 0.3 is 6.36 Å². The molecule has 1 N–H and O–H groups in total. The second kappa shape index (κ2) is 2.98. The highest BCUT2D eigenvalue weighted by Crippen LogP contribution is 2.28. The third kappa shape index (κ3) is 3.07. The highest BCUT2D eigenvalue weighted by atomic mass is 19.4. The standard InChI is InChI=1S/C6H9F3O2/c7-6(8,9)11-5-2-1-4(10)3-5/h4-5,10H,1-3H2/t4-,5+/m0/s1. The van der Waals surface area contributed by atoms with Gasteiger partial charge in [0.05, 0.1) is 12.2 Å². The first-order valence-corrected chi connectivity index (χ1v) is 3.40. The summed E-state index contributed by atoms with van der Waals surface area (Å²) in [5.41, 5.74) is 0. The Labute approximate surface area is 62.0 Å². The Bertz CT molecular complexity index is 134. The van der Waals surface area contributed by atoms with E-state index >= 15 is 0 Å². The van der Waals surface area contributed by atoms with Crippen molar-refractivity contribution in [2.24, 2.45) is 0 Å². The number of halogens is 3. The van der Waals surface area contributed by atoms with E-state index in [-0.39, 0.29) is 6.42 Å². The summed E-state index contributed by atoms with van der Waals surface area (Å²) in [6.45, 7) is 0. The van der Waals surface area contributed by atoms with E-state index in [1.165, 1.54) is 0 Å². The number of hydrogen-bond acceptors (Lipinski definition) is 2. The van der Waals surface area contributed by atoms with Crippen molar-refractivity contribution in [2.45, 2.75) is 37.8 Å². The van der Waals surface area contributed by atoms with Crippen LogP contribution in [0.15, 0.2) is 0 Å². The number of hydrogen-bond donors (Lipinski definition) is 1. The fraction of sp³-hybridized carbons (Fsp3) is 1.00. The van der Waals surface area contributed by atoms with Crippen molar-refractivity contribution in [1.29, 1.82) is 0 Å². The predicted octanol–water partition coefficient (Wildman–Crippen LogP) is 1.44. The lowest BCUT2D eigenvalue weighted by Crippen LogP contribution is -2.22. The van der Waals surface area contributed by atoms with E-state index in [9.17, 15) is 13.2 Å². The second-order valence-corrected chi connectivity index (χ2v) is 2.65. The van der Waals surface area contributed by atoms with Gasteiger partial charge in [0, 0.05) is 0 Å². The molecule has 0 spiro atoms. The topological polar surface area (TPSA) is 29.5 Å². The second-order valence-electron chi connectivity index (χ2n) is 2.65. The quantitative estimate of drug-likeness (QED) is 0.645. The molecule has 0 radical (unpaired) electrons. The average Bonchev–Trinajstić information content (AvgIpc) is 2.10. The van der Waals surface area contributed by atoms with E-state index < -0.39 is 18.6 Å². The summed E-state index contributed by atoms with van der Waals surface area (Å²) in [7, 11) is 0. The first-order chi connectivity index (χ1) is 4.97. The average molecular weight is 170 g/mol. The largest absolute Gasteiger partial charge is 0.522 e. The van der Waals surface area contributed by atoms with Crippen LogP contribution < -0.4 is 0 Å². The zero-order chi connectivity index (χ0) is 8.48. The Hall–Kier alpha value is -0.290. The van der Waals surface area contributed by atoms with Crippen LogP contribution in [0.4, 0.5) is 13.2 Å². The van der Waals surface area contributed by atoms with Crippen molar-refractivity contribution in [3.63, 3.8) is 0 Å². The molecule has 66 valence electrons. The molecule has 1 saturated carbocycles. The SMILES string of the molecule is O[C@H]1CC[C@@H](OC(F)(F)F)C1. The molecule has 1 aliphatic rings. The van der Waals surface area contributed by atoms with Crippen molar-refractivity contribution >= 4 is 0 Å². The first kappa shape index (κ1) is 8.80. The lowest BCUT2D eigenvalue weighted by atomic mass is 10.3. The Morgan fingerprint density at radius 1 is 1.27 bits per heavy atom. The Balaban J connectivity index is 2.29. The maximum Gasteiger partial charge on any atom is 0.522 e. The minimum Gasteiger partial charge on any atom is -0.393 e. The molecule has 0 bridgehead atoms. The fourth-order valence-electron chi connectivity index (χ4n) is 1.21. The summed E-state index contributed by atoms with van der Waals surface area (Å²) in [5, 5.41) is 8.85. The van der Waals surface area contributed by atoms with Gasteiger partial charge in [-0.05, 0) is 19.3 Å². The van der Waals surface area contributed by atoms with Crippen molar-refractivity contribution < 1.29 is 23.0 Å². The van der Waals surface area contributed by atoms with Gasteiger partial charge in [0.1, 0.15) is 0 Å². The summed E-state index contributed by atoms with van der Waals surface area (Å²) in [6, 6.07) is 0. The lowest BCUT2D eigenvalue weighted by molar-refractivity contribution is -0.342. The van der Waals surface area contributed by atoms with Crippen LogP contribution in [0.5, 0.6) is 0 Å². The van der Waals surface area contributed by atoms with Crippen molar-refractivity contribution in [3.8, 4) is 0 Å². The van der Waals surface area contributed by atoms with Crippen LogP contribution in [0.2, 0.25) is 0 Å². The lowest BCUT2D eigenvalue weighted by Gasteiger charge is -2.12. The van der Waals surface area contributed by atoms with E-state index in [2.05, 4.69) is 4.74 Å². The van der Waals surface area contributed by atoms with Gasteiger partial charge in [0.25, 0.3) is 0 Å². The van der Waals surface area contributed by atoms with Crippen molar-refractivity contribution in [2.75, 3.05) is 0 Å². The molecule has 1 fully saturated rings. The van der Waals surface area contributed by atoms with Gasteiger partial charge in [-0.15, -0.1) is 13.2 Å². The van der Waals surface area contributed by atoms with E-state index in [4.69, 9.17) is 5.11 Å². The first-order valence-electron chi connectivity index (χ1n) is 3.40. The molecule has 11 heavy (non-hydrogen) atoms. The molecule has 0 aromatic heterocycles. The van der Waals surface area contributed by atoms with Crippen LogP contribution in [0, 0.1) is 0 Å². The Kier molecular flexibility index (Phi) is 2.39. The number of alkyl halides is 3. The van der Waals surface area contributed by atoms with Gasteiger partial charge in [-0.3, -0.25) is 4.74 Å². The third-order valence-electron chi connectivity index (χ3n) is 1.66. The molecule has 1 rings (SSSR count). The normalized spacial score (nSPS) is 32.7. The summed E-state index contributed by atoms with van der Waals surface area (Å²) < 4.78 is 38.3. The third-order valence-corrected chi connectivity index (χ3v) is 1.66. The molecule has 0 heterocycles. The van der Waals surface area contributed by atoms with Crippen LogP contribution in [0.25, 0.3) is 0 Å². The summed E-state index contributed by atoms with van der Waals surface area (Å²) in [4.78, 5) is 0. The number of aliphatic hydroxyl groups excluding tert-OH is 1. The van der Waals surface area contributed by atoms with Crippen LogP contribution in [0.3, 0.4) is 0 Å². The van der Waals surface area contributed by atoms with Crippen molar-refractivity contribution in [1.82, 2.24) is 0 Å². The van der Waals surface area contributed by atoms with E-state index in [1.807, 2.05) is 0 Å². The molecule has 0 aliphatic heterocycles. The molecule has 1 aliphatic carbocycles. The van der Waals surface area contributed by atoms with Crippen LogP contribution in [-0.2, 0) is 4.74 Å². The number of aliphatic hydroxyl groups is 1. The van der Waals surface area contributed by atoms with Gasteiger partial charge < -0.3 is 5.11 Å². The van der Waals surface area contributed by atoms with E-state index in [0.29, 0.717) is 12.8 Å². The zero-order valence-electron chi connectivity index (χ0n) is 5.77. The zero-order valence-corrected chi connectivity index (χ0v) is 5.77. The molecule has 0 unspecified atom stereocenters. The van der Waals surface area contributed by atoms with Gasteiger partial charge in [-0.1, -0.05) is 0 Å².